The van der Waals surface area contributed by atoms with E-state index in [1.54, 1.807) is 30.3 Å². The number of Topliss-reactive ketones (excluding diaryl/α,β-unsaturated/α-hetero) is 1. The lowest BCUT2D eigenvalue weighted by atomic mass is 9.95. The summed E-state index contributed by atoms with van der Waals surface area (Å²) in [6.45, 7) is 4.45. The van der Waals surface area contributed by atoms with Crippen molar-refractivity contribution in [3.05, 3.63) is 71.0 Å². The second kappa shape index (κ2) is 9.31. The average molecular weight is 426 g/mol. The first-order valence-electron chi connectivity index (χ1n) is 10.2. The summed E-state index contributed by atoms with van der Waals surface area (Å²) in [4.78, 5) is 29.0. The third-order valence-electron chi connectivity index (χ3n) is 5.01. The lowest BCUT2D eigenvalue weighted by Crippen LogP contribution is -2.35. The minimum Gasteiger partial charge on any atom is -0.507 e. The number of ketones is 1. The maximum Gasteiger partial charge on any atom is 0.295 e. The molecule has 3 rings (SSSR count). The summed E-state index contributed by atoms with van der Waals surface area (Å²) >= 11 is 0. The minimum absolute atomic E-state index is 0.0765. The summed E-state index contributed by atoms with van der Waals surface area (Å²) in [5, 5.41) is 11.1. The number of likely N-dealkylation sites (N-methyl/N-ethyl adjacent to an activating group) is 1. The van der Waals surface area contributed by atoms with Gasteiger partial charge < -0.3 is 19.6 Å². The van der Waals surface area contributed by atoms with Crippen LogP contribution in [0.25, 0.3) is 5.76 Å². The van der Waals surface area contributed by atoms with Crippen LogP contribution in [0, 0.1) is 5.82 Å². The molecular weight excluding hydrogens is 399 g/mol. The van der Waals surface area contributed by atoms with Crippen LogP contribution >= 0.6 is 0 Å². The van der Waals surface area contributed by atoms with Gasteiger partial charge in [0.1, 0.15) is 17.3 Å². The standard InChI is InChI=1S/C24H27FN2O4/c1-15(2)31-17-9-7-8-16(14-17)22(28)20-21(18-10-5-6-11-19(18)25)27(13-12-26(3)4)24(30)23(20)29/h5-11,14-15,21,28H,12-13H2,1-4H3/b22-20-. The number of carbonyl (C=O) groups is 2. The van der Waals surface area contributed by atoms with E-state index in [1.807, 2.05) is 32.8 Å². The van der Waals surface area contributed by atoms with Gasteiger partial charge in [-0.15, -0.1) is 0 Å². The predicted octanol–water partition coefficient (Wildman–Crippen LogP) is 3.60. The zero-order valence-corrected chi connectivity index (χ0v) is 18.1. The molecule has 1 fully saturated rings. The lowest BCUT2D eigenvalue weighted by Gasteiger charge is -2.26. The van der Waals surface area contributed by atoms with Crippen LogP contribution < -0.4 is 4.74 Å². The predicted molar refractivity (Wildman–Crippen MR) is 116 cm³/mol. The number of hydrogen-bond acceptors (Lipinski definition) is 5. The molecule has 1 unspecified atom stereocenters. The fraction of sp³-hybridized carbons (Fsp3) is 0.333. The molecule has 0 radical (unpaired) electrons. The van der Waals surface area contributed by atoms with E-state index in [1.165, 1.54) is 23.1 Å². The van der Waals surface area contributed by atoms with Gasteiger partial charge in [0.25, 0.3) is 11.7 Å². The second-order valence-electron chi connectivity index (χ2n) is 8.01. The van der Waals surface area contributed by atoms with Crippen LogP contribution in [0.5, 0.6) is 5.75 Å². The molecule has 1 N–H and O–H groups in total. The lowest BCUT2D eigenvalue weighted by molar-refractivity contribution is -0.140. The fourth-order valence-corrected chi connectivity index (χ4v) is 3.58. The fourth-order valence-electron chi connectivity index (χ4n) is 3.58. The summed E-state index contributed by atoms with van der Waals surface area (Å²) in [7, 11) is 3.68. The molecule has 1 amide bonds. The zero-order chi connectivity index (χ0) is 22.7. The van der Waals surface area contributed by atoms with Crippen LogP contribution in [0.3, 0.4) is 0 Å². The monoisotopic (exact) mass is 426 g/mol. The van der Waals surface area contributed by atoms with E-state index in [0.717, 1.165) is 0 Å². The van der Waals surface area contributed by atoms with Gasteiger partial charge in [-0.1, -0.05) is 30.3 Å². The molecule has 0 aromatic heterocycles. The van der Waals surface area contributed by atoms with Crippen molar-refractivity contribution in [2.45, 2.75) is 26.0 Å². The van der Waals surface area contributed by atoms with Gasteiger partial charge in [0.2, 0.25) is 0 Å². The Hall–Kier alpha value is -3.19. The number of hydrogen-bond donors (Lipinski definition) is 1. The summed E-state index contributed by atoms with van der Waals surface area (Å²) in [6, 6.07) is 11.6. The number of rotatable bonds is 7. The van der Waals surface area contributed by atoms with E-state index in [0.29, 0.717) is 17.9 Å². The van der Waals surface area contributed by atoms with Gasteiger partial charge in [-0.2, -0.15) is 0 Å². The van der Waals surface area contributed by atoms with E-state index < -0.39 is 23.5 Å². The maximum atomic E-state index is 14.7. The Kier molecular flexibility index (Phi) is 6.75. The van der Waals surface area contributed by atoms with Crippen molar-refractivity contribution in [3.8, 4) is 5.75 Å². The van der Waals surface area contributed by atoms with Crippen LogP contribution in [0.15, 0.2) is 54.1 Å². The van der Waals surface area contributed by atoms with E-state index in [9.17, 15) is 19.1 Å². The SMILES string of the molecule is CC(C)Oc1cccc(/C(O)=C2/C(=O)C(=O)N(CCN(C)C)C2c2ccccc2F)c1. The number of nitrogens with zero attached hydrogens (tertiary/aromatic N) is 2. The summed E-state index contributed by atoms with van der Waals surface area (Å²) in [5.74, 6) is -1.98. The Balaban J connectivity index is 2.14. The minimum atomic E-state index is -1.02. The van der Waals surface area contributed by atoms with E-state index in [4.69, 9.17) is 4.74 Å². The largest absolute Gasteiger partial charge is 0.507 e. The van der Waals surface area contributed by atoms with Gasteiger partial charge >= 0.3 is 0 Å². The first-order valence-corrected chi connectivity index (χ1v) is 10.2. The smallest absolute Gasteiger partial charge is 0.295 e. The van der Waals surface area contributed by atoms with Gasteiger partial charge in [-0.05, 0) is 46.1 Å². The molecule has 2 aromatic carbocycles. The molecule has 0 aliphatic carbocycles. The van der Waals surface area contributed by atoms with Crippen LogP contribution in [0.1, 0.15) is 31.0 Å². The highest BCUT2D eigenvalue weighted by atomic mass is 19.1. The second-order valence-corrected chi connectivity index (χ2v) is 8.01. The molecule has 0 saturated carbocycles. The Morgan fingerprint density at radius 3 is 2.52 bits per heavy atom. The van der Waals surface area contributed by atoms with E-state index >= 15 is 0 Å². The summed E-state index contributed by atoms with van der Waals surface area (Å²) in [6.07, 6.45) is -0.0765. The third-order valence-corrected chi connectivity index (χ3v) is 5.01. The number of aliphatic hydroxyl groups is 1. The number of aliphatic hydroxyl groups excluding tert-OH is 1. The Morgan fingerprint density at radius 2 is 1.87 bits per heavy atom. The Labute approximate surface area is 181 Å². The zero-order valence-electron chi connectivity index (χ0n) is 18.1. The van der Waals surface area contributed by atoms with Crippen LogP contribution in [-0.4, -0.2) is 59.9 Å². The Morgan fingerprint density at radius 1 is 1.16 bits per heavy atom. The normalized spacial score (nSPS) is 18.3. The van der Waals surface area contributed by atoms with E-state index in [-0.39, 0.29) is 29.5 Å². The van der Waals surface area contributed by atoms with Crippen molar-refractivity contribution in [1.82, 2.24) is 9.80 Å². The topological polar surface area (TPSA) is 70.1 Å². The van der Waals surface area contributed by atoms with Gasteiger partial charge in [0.15, 0.2) is 0 Å². The molecule has 1 heterocycles. The molecule has 164 valence electrons. The molecule has 0 bridgehead atoms. The van der Waals surface area contributed by atoms with Crippen LogP contribution in [0.2, 0.25) is 0 Å². The van der Waals surface area contributed by atoms with Crippen molar-refractivity contribution in [2.24, 2.45) is 0 Å². The molecule has 6 nitrogen and oxygen atoms in total. The maximum absolute atomic E-state index is 14.7. The van der Waals surface area contributed by atoms with Crippen molar-refractivity contribution < 1.29 is 23.8 Å². The molecule has 31 heavy (non-hydrogen) atoms. The molecule has 2 aromatic rings. The first kappa shape index (κ1) is 22.5. The number of ether oxygens (including phenoxy) is 1. The highest BCUT2D eigenvalue weighted by Gasteiger charge is 2.46. The molecular formula is C24H27FN2O4. The molecule has 7 heteroatoms. The highest BCUT2D eigenvalue weighted by Crippen LogP contribution is 2.40. The van der Waals surface area contributed by atoms with Crippen molar-refractivity contribution >= 4 is 17.4 Å². The highest BCUT2D eigenvalue weighted by molar-refractivity contribution is 6.46. The van der Waals surface area contributed by atoms with Crippen molar-refractivity contribution in [3.63, 3.8) is 0 Å². The van der Waals surface area contributed by atoms with Gasteiger partial charge in [-0.3, -0.25) is 9.59 Å². The summed E-state index contributed by atoms with van der Waals surface area (Å²) < 4.78 is 20.4. The number of amides is 1. The first-order chi connectivity index (χ1) is 14.7. The number of carbonyl (C=O) groups excluding carboxylic acids is 2. The van der Waals surface area contributed by atoms with Gasteiger partial charge in [0, 0.05) is 24.2 Å². The van der Waals surface area contributed by atoms with E-state index in [2.05, 4.69) is 0 Å². The average Bonchev–Trinajstić information content (AvgIpc) is 2.96. The molecule has 1 saturated heterocycles. The van der Waals surface area contributed by atoms with Crippen molar-refractivity contribution in [2.75, 3.05) is 27.2 Å². The Bertz CT molecular complexity index is 1020. The van der Waals surface area contributed by atoms with Gasteiger partial charge in [-0.25, -0.2) is 4.39 Å². The number of benzene rings is 2. The third kappa shape index (κ3) is 4.77. The molecule has 0 spiro atoms. The molecule has 1 aliphatic heterocycles. The number of likely N-dealkylation sites (tertiary alicyclic amines) is 1. The summed E-state index contributed by atoms with van der Waals surface area (Å²) in [5.41, 5.74) is 0.359. The van der Waals surface area contributed by atoms with Crippen molar-refractivity contribution in [1.29, 1.82) is 0 Å². The van der Waals surface area contributed by atoms with Gasteiger partial charge in [0.05, 0.1) is 17.7 Å². The molecule has 1 aliphatic rings. The number of halogens is 1. The molecule has 1 atom stereocenters. The van der Waals surface area contributed by atoms with Crippen LogP contribution in [0.4, 0.5) is 4.39 Å². The van der Waals surface area contributed by atoms with Crippen LogP contribution in [-0.2, 0) is 9.59 Å². The quantitative estimate of drug-likeness (QED) is 0.416.